The summed E-state index contributed by atoms with van der Waals surface area (Å²) in [7, 11) is 1.63. The number of piperidine rings is 1. The molecule has 3 rings (SSSR count). The summed E-state index contributed by atoms with van der Waals surface area (Å²) < 4.78 is 0. The monoisotopic (exact) mass is 349 g/mol. The van der Waals surface area contributed by atoms with Crippen LogP contribution in [0.15, 0.2) is 17.5 Å². The molecule has 1 aromatic heterocycles. The fourth-order valence-electron chi connectivity index (χ4n) is 3.61. The van der Waals surface area contributed by atoms with E-state index in [9.17, 15) is 14.4 Å². The minimum Gasteiger partial charge on any atom is -0.359 e. The van der Waals surface area contributed by atoms with Crippen molar-refractivity contribution in [2.75, 3.05) is 26.7 Å². The Morgan fingerprint density at radius 2 is 2.00 bits per heavy atom. The third-order valence-electron chi connectivity index (χ3n) is 4.88. The summed E-state index contributed by atoms with van der Waals surface area (Å²) in [6.07, 6.45) is 3.19. The molecule has 0 spiro atoms. The topological polar surface area (TPSA) is 69.7 Å². The number of nitrogens with zero attached hydrogens (tertiary/aromatic N) is 2. The summed E-state index contributed by atoms with van der Waals surface area (Å²) >= 11 is 1.41. The molecular weight excluding hydrogens is 326 g/mol. The van der Waals surface area contributed by atoms with Crippen LogP contribution >= 0.6 is 11.3 Å². The molecule has 0 aromatic carbocycles. The van der Waals surface area contributed by atoms with Crippen molar-refractivity contribution in [3.63, 3.8) is 0 Å². The van der Waals surface area contributed by atoms with Crippen LogP contribution < -0.4 is 5.32 Å². The van der Waals surface area contributed by atoms with Crippen LogP contribution in [0.1, 0.15) is 35.4 Å². The predicted molar refractivity (Wildman–Crippen MR) is 91.7 cm³/mol. The highest BCUT2D eigenvalue weighted by molar-refractivity contribution is 7.12. The van der Waals surface area contributed by atoms with Crippen LogP contribution in [0.25, 0.3) is 0 Å². The van der Waals surface area contributed by atoms with Crippen LogP contribution in [-0.4, -0.2) is 60.2 Å². The van der Waals surface area contributed by atoms with E-state index in [4.69, 9.17) is 0 Å². The van der Waals surface area contributed by atoms with E-state index in [1.165, 1.54) is 11.3 Å². The quantitative estimate of drug-likeness (QED) is 0.895. The van der Waals surface area contributed by atoms with E-state index in [1.807, 2.05) is 11.4 Å². The maximum atomic E-state index is 12.9. The Hall–Kier alpha value is -1.89. The normalized spacial score (nSPS) is 24.0. The molecule has 2 aliphatic rings. The number of hydrogen-bond acceptors (Lipinski definition) is 4. The molecule has 3 amide bonds. The molecule has 2 aliphatic heterocycles. The van der Waals surface area contributed by atoms with Gasteiger partial charge in [-0.25, -0.2) is 0 Å². The van der Waals surface area contributed by atoms with Crippen molar-refractivity contribution >= 4 is 29.1 Å². The zero-order valence-electron chi connectivity index (χ0n) is 13.9. The Kier molecular flexibility index (Phi) is 5.18. The molecule has 0 saturated carbocycles. The average molecular weight is 349 g/mol. The molecule has 130 valence electrons. The molecule has 2 saturated heterocycles. The van der Waals surface area contributed by atoms with Crippen molar-refractivity contribution in [3.8, 4) is 0 Å². The van der Waals surface area contributed by atoms with E-state index in [2.05, 4.69) is 5.32 Å². The largest absolute Gasteiger partial charge is 0.359 e. The zero-order chi connectivity index (χ0) is 17.1. The lowest BCUT2D eigenvalue weighted by Crippen LogP contribution is -2.52. The minimum atomic E-state index is -0.386. The number of nitrogens with one attached hydrogen (secondary N) is 1. The molecule has 2 atom stereocenters. The first-order valence-electron chi connectivity index (χ1n) is 8.46. The van der Waals surface area contributed by atoms with Gasteiger partial charge in [0.25, 0.3) is 5.91 Å². The van der Waals surface area contributed by atoms with E-state index >= 15 is 0 Å². The standard InChI is InChI=1S/C17H23N3O3S/c1-18-15(21)12-5-2-8-19(11-12)16(22)13-6-3-9-20(13)17(23)14-7-4-10-24-14/h4,7,10,12-13H,2-3,5-6,8-9,11H2,1H3,(H,18,21)/t12?,13-/m0/s1. The first kappa shape index (κ1) is 17.0. The molecule has 24 heavy (non-hydrogen) atoms. The molecule has 1 aromatic rings. The van der Waals surface area contributed by atoms with Gasteiger partial charge in [-0.1, -0.05) is 6.07 Å². The van der Waals surface area contributed by atoms with Crippen LogP contribution in [0, 0.1) is 5.92 Å². The van der Waals surface area contributed by atoms with Gasteiger partial charge in [0.15, 0.2) is 0 Å². The lowest BCUT2D eigenvalue weighted by molar-refractivity contribution is -0.139. The summed E-state index contributed by atoms with van der Waals surface area (Å²) in [5.41, 5.74) is 0. The van der Waals surface area contributed by atoms with Gasteiger partial charge in [-0.3, -0.25) is 14.4 Å². The Labute approximate surface area is 145 Å². The van der Waals surface area contributed by atoms with Crippen LogP contribution in [0.4, 0.5) is 0 Å². The first-order chi connectivity index (χ1) is 11.6. The molecule has 3 heterocycles. The maximum Gasteiger partial charge on any atom is 0.264 e. The van der Waals surface area contributed by atoms with Crippen LogP contribution in [0.5, 0.6) is 0 Å². The van der Waals surface area contributed by atoms with E-state index in [-0.39, 0.29) is 29.7 Å². The smallest absolute Gasteiger partial charge is 0.264 e. The first-order valence-corrected chi connectivity index (χ1v) is 9.34. The number of likely N-dealkylation sites (tertiary alicyclic amines) is 2. The van der Waals surface area contributed by atoms with E-state index in [0.717, 1.165) is 19.3 Å². The third kappa shape index (κ3) is 3.31. The highest BCUT2D eigenvalue weighted by Crippen LogP contribution is 2.26. The molecule has 1 unspecified atom stereocenters. The predicted octanol–water partition coefficient (Wildman–Crippen LogP) is 1.34. The van der Waals surface area contributed by atoms with Gasteiger partial charge in [0, 0.05) is 26.7 Å². The number of rotatable bonds is 3. The second-order valence-electron chi connectivity index (χ2n) is 6.37. The molecule has 0 bridgehead atoms. The Bertz CT molecular complexity index is 617. The van der Waals surface area contributed by atoms with Gasteiger partial charge in [0.05, 0.1) is 10.8 Å². The van der Waals surface area contributed by atoms with E-state index in [0.29, 0.717) is 30.9 Å². The molecule has 1 N–H and O–H groups in total. The van der Waals surface area contributed by atoms with Gasteiger partial charge in [-0.05, 0) is 37.1 Å². The van der Waals surface area contributed by atoms with Gasteiger partial charge in [-0.15, -0.1) is 11.3 Å². The van der Waals surface area contributed by atoms with E-state index in [1.54, 1.807) is 22.9 Å². The lowest BCUT2D eigenvalue weighted by atomic mass is 9.96. The summed E-state index contributed by atoms with van der Waals surface area (Å²) in [5, 5.41) is 4.54. The number of thiophene rings is 1. The molecule has 6 nitrogen and oxygen atoms in total. The van der Waals surface area contributed by atoms with Crippen molar-refractivity contribution < 1.29 is 14.4 Å². The third-order valence-corrected chi connectivity index (χ3v) is 5.74. The lowest BCUT2D eigenvalue weighted by Gasteiger charge is -2.35. The summed E-state index contributed by atoms with van der Waals surface area (Å²) in [5.74, 6) is -0.215. The fourth-order valence-corrected chi connectivity index (χ4v) is 4.29. The van der Waals surface area contributed by atoms with Crippen molar-refractivity contribution in [1.82, 2.24) is 15.1 Å². The molecular formula is C17H23N3O3S. The summed E-state index contributed by atoms with van der Waals surface area (Å²) in [6, 6.07) is 3.27. The highest BCUT2D eigenvalue weighted by atomic mass is 32.1. The van der Waals surface area contributed by atoms with Crippen molar-refractivity contribution in [2.45, 2.75) is 31.7 Å². The summed E-state index contributed by atoms with van der Waals surface area (Å²) in [4.78, 5) is 41.6. The van der Waals surface area contributed by atoms with Gasteiger partial charge in [0.1, 0.15) is 6.04 Å². The highest BCUT2D eigenvalue weighted by Gasteiger charge is 2.39. The van der Waals surface area contributed by atoms with Crippen LogP contribution in [-0.2, 0) is 9.59 Å². The summed E-state index contributed by atoms with van der Waals surface area (Å²) in [6.45, 7) is 1.75. The Morgan fingerprint density at radius 3 is 2.71 bits per heavy atom. The van der Waals surface area contributed by atoms with Gasteiger partial charge < -0.3 is 15.1 Å². The number of hydrogen-bond donors (Lipinski definition) is 1. The van der Waals surface area contributed by atoms with Gasteiger partial charge in [-0.2, -0.15) is 0 Å². The molecule has 2 fully saturated rings. The number of carbonyl (C=O) groups excluding carboxylic acids is 3. The Morgan fingerprint density at radius 1 is 1.21 bits per heavy atom. The second kappa shape index (κ2) is 7.34. The minimum absolute atomic E-state index is 0.00832. The van der Waals surface area contributed by atoms with Crippen molar-refractivity contribution in [3.05, 3.63) is 22.4 Å². The molecule has 0 radical (unpaired) electrons. The molecule has 7 heteroatoms. The van der Waals surface area contributed by atoms with Gasteiger partial charge in [0.2, 0.25) is 11.8 Å². The SMILES string of the molecule is CNC(=O)C1CCCN(C(=O)[C@@H]2CCCN2C(=O)c2cccs2)C1. The van der Waals surface area contributed by atoms with Crippen LogP contribution in [0.3, 0.4) is 0 Å². The van der Waals surface area contributed by atoms with Crippen LogP contribution in [0.2, 0.25) is 0 Å². The average Bonchev–Trinajstić information content (AvgIpc) is 3.31. The van der Waals surface area contributed by atoms with Crippen molar-refractivity contribution in [2.24, 2.45) is 5.92 Å². The molecule has 0 aliphatic carbocycles. The van der Waals surface area contributed by atoms with Gasteiger partial charge >= 0.3 is 0 Å². The van der Waals surface area contributed by atoms with Crippen molar-refractivity contribution in [1.29, 1.82) is 0 Å². The number of carbonyl (C=O) groups is 3. The zero-order valence-corrected chi connectivity index (χ0v) is 14.7. The fraction of sp³-hybridized carbons (Fsp3) is 0.588. The van der Waals surface area contributed by atoms with E-state index < -0.39 is 0 Å². The second-order valence-corrected chi connectivity index (χ2v) is 7.32. The Balaban J connectivity index is 1.69. The number of amides is 3. The maximum absolute atomic E-state index is 12.9.